The van der Waals surface area contributed by atoms with Crippen molar-refractivity contribution in [1.82, 2.24) is 25.1 Å². The largest absolute Gasteiger partial charge is 0.353 e. The van der Waals surface area contributed by atoms with Gasteiger partial charge in [0, 0.05) is 31.7 Å². The van der Waals surface area contributed by atoms with Gasteiger partial charge in [-0.05, 0) is 59.1 Å². The summed E-state index contributed by atoms with van der Waals surface area (Å²) in [7, 11) is 4.11. The van der Waals surface area contributed by atoms with E-state index in [0.29, 0.717) is 10.3 Å². The van der Waals surface area contributed by atoms with Crippen molar-refractivity contribution in [2.24, 2.45) is 0 Å². The van der Waals surface area contributed by atoms with Gasteiger partial charge in [0.05, 0.1) is 5.75 Å². The molecule has 2 rings (SSSR count). The highest BCUT2D eigenvalue weighted by Crippen LogP contribution is 2.23. The standard InChI is InChI=1S/C26H41ClN6OS/c1-6-32(7-2)15-11-12-21(3)28-25(34)20-35-26-29-23(27)18-24(30-26)33(17-16-31(4)5)19-22-13-9-8-10-14-22/h8-10,13-14,18,21H,6-7,11-12,15-17,19-20H2,1-5H3,(H,28,34). The Morgan fingerprint density at radius 2 is 1.80 bits per heavy atom. The first-order valence-electron chi connectivity index (χ1n) is 12.4. The molecule has 35 heavy (non-hydrogen) atoms. The van der Waals surface area contributed by atoms with Crippen LogP contribution in [0.25, 0.3) is 0 Å². The number of aromatic nitrogens is 2. The molecule has 1 N–H and O–H groups in total. The van der Waals surface area contributed by atoms with E-state index in [1.165, 1.54) is 17.3 Å². The number of nitrogens with one attached hydrogen (secondary N) is 1. The van der Waals surface area contributed by atoms with Crippen LogP contribution in [0.3, 0.4) is 0 Å². The molecule has 0 aliphatic rings. The number of benzene rings is 1. The van der Waals surface area contributed by atoms with E-state index in [1.54, 1.807) is 6.07 Å². The van der Waals surface area contributed by atoms with Crippen LogP contribution in [-0.4, -0.2) is 84.3 Å². The Morgan fingerprint density at radius 1 is 1.09 bits per heavy atom. The summed E-state index contributed by atoms with van der Waals surface area (Å²) in [6.07, 6.45) is 2.03. The second-order valence-corrected chi connectivity index (χ2v) is 10.3. The molecule has 1 aromatic carbocycles. The molecule has 0 saturated heterocycles. The van der Waals surface area contributed by atoms with Gasteiger partial charge in [0.2, 0.25) is 5.91 Å². The molecule has 0 aliphatic carbocycles. The number of likely N-dealkylation sites (N-methyl/N-ethyl adjacent to an activating group) is 1. The van der Waals surface area contributed by atoms with E-state index in [9.17, 15) is 4.79 Å². The molecule has 1 amide bonds. The van der Waals surface area contributed by atoms with Crippen LogP contribution in [0, 0.1) is 0 Å². The average molecular weight is 521 g/mol. The van der Waals surface area contributed by atoms with Crippen molar-refractivity contribution in [3.05, 3.63) is 47.1 Å². The number of thioether (sulfide) groups is 1. The Hall–Kier alpha value is -1.87. The molecule has 0 radical (unpaired) electrons. The van der Waals surface area contributed by atoms with Crippen LogP contribution >= 0.6 is 23.4 Å². The Bertz CT molecular complexity index is 881. The van der Waals surface area contributed by atoms with Crippen LogP contribution in [0.2, 0.25) is 5.15 Å². The van der Waals surface area contributed by atoms with E-state index < -0.39 is 0 Å². The maximum atomic E-state index is 12.5. The van der Waals surface area contributed by atoms with E-state index in [4.69, 9.17) is 16.6 Å². The highest BCUT2D eigenvalue weighted by molar-refractivity contribution is 7.99. The highest BCUT2D eigenvalue weighted by atomic mass is 35.5. The molecule has 0 aliphatic heterocycles. The SMILES string of the molecule is CCN(CC)CCCC(C)NC(=O)CSc1nc(Cl)cc(N(CCN(C)C)Cc2ccccc2)n1. The normalized spacial score (nSPS) is 12.2. The van der Waals surface area contributed by atoms with E-state index in [2.05, 4.69) is 72.0 Å². The number of carbonyl (C=O) groups is 1. The fourth-order valence-corrected chi connectivity index (χ4v) is 4.58. The van der Waals surface area contributed by atoms with Crippen LogP contribution in [0.15, 0.2) is 41.6 Å². The van der Waals surface area contributed by atoms with Gasteiger partial charge in [-0.15, -0.1) is 0 Å². The van der Waals surface area contributed by atoms with Gasteiger partial charge in [0.25, 0.3) is 0 Å². The summed E-state index contributed by atoms with van der Waals surface area (Å²) >= 11 is 7.68. The number of halogens is 1. The molecule has 0 fully saturated rings. The second-order valence-electron chi connectivity index (χ2n) is 8.97. The summed E-state index contributed by atoms with van der Waals surface area (Å²) in [4.78, 5) is 28.3. The van der Waals surface area contributed by atoms with Gasteiger partial charge < -0.3 is 20.0 Å². The molecule has 1 unspecified atom stereocenters. The van der Waals surface area contributed by atoms with Crippen molar-refractivity contribution in [2.75, 3.05) is 57.5 Å². The lowest BCUT2D eigenvalue weighted by Crippen LogP contribution is -2.34. The summed E-state index contributed by atoms with van der Waals surface area (Å²) in [6, 6.07) is 12.2. The number of amides is 1. The molecular weight excluding hydrogens is 480 g/mol. The molecule has 7 nitrogen and oxygen atoms in total. The molecule has 9 heteroatoms. The fraction of sp³-hybridized carbons (Fsp3) is 0.577. The minimum atomic E-state index is -0.00999. The number of rotatable bonds is 16. The summed E-state index contributed by atoms with van der Waals surface area (Å²) in [5, 5.41) is 3.99. The Labute approximate surface area is 220 Å². The lowest BCUT2D eigenvalue weighted by atomic mass is 10.2. The maximum Gasteiger partial charge on any atom is 0.230 e. The van der Waals surface area contributed by atoms with Crippen molar-refractivity contribution >= 4 is 35.1 Å². The molecule has 0 saturated carbocycles. The Balaban J connectivity index is 1.96. The lowest BCUT2D eigenvalue weighted by molar-refractivity contribution is -0.119. The van der Waals surface area contributed by atoms with Gasteiger partial charge in [-0.3, -0.25) is 4.79 Å². The zero-order valence-corrected chi connectivity index (χ0v) is 23.4. The van der Waals surface area contributed by atoms with Crippen molar-refractivity contribution in [3.63, 3.8) is 0 Å². The summed E-state index contributed by atoms with van der Waals surface area (Å²) in [5.74, 6) is 1.02. The number of nitrogens with zero attached hydrogens (tertiary/aromatic N) is 5. The minimum absolute atomic E-state index is 0.00999. The third-order valence-corrected chi connectivity index (χ3v) is 6.80. The molecular formula is C26H41ClN6OS. The maximum absolute atomic E-state index is 12.5. The predicted octanol–water partition coefficient (Wildman–Crippen LogP) is 4.42. The van der Waals surface area contributed by atoms with Gasteiger partial charge in [-0.1, -0.05) is 67.5 Å². The molecule has 1 aromatic heterocycles. The molecule has 0 spiro atoms. The highest BCUT2D eigenvalue weighted by Gasteiger charge is 2.15. The molecule has 2 aromatic rings. The summed E-state index contributed by atoms with van der Waals surface area (Å²) in [6.45, 7) is 12.0. The third kappa shape index (κ3) is 11.6. The van der Waals surface area contributed by atoms with E-state index >= 15 is 0 Å². The number of hydrogen-bond donors (Lipinski definition) is 1. The zero-order chi connectivity index (χ0) is 25.6. The van der Waals surface area contributed by atoms with Gasteiger partial charge in [0.15, 0.2) is 5.16 Å². The summed E-state index contributed by atoms with van der Waals surface area (Å²) in [5.41, 5.74) is 1.20. The first-order chi connectivity index (χ1) is 16.8. The first-order valence-corrected chi connectivity index (χ1v) is 13.8. The minimum Gasteiger partial charge on any atom is -0.353 e. The second kappa shape index (κ2) is 16.0. The van der Waals surface area contributed by atoms with E-state index in [0.717, 1.165) is 57.9 Å². The van der Waals surface area contributed by atoms with Crippen LogP contribution in [0.5, 0.6) is 0 Å². The number of hydrogen-bond acceptors (Lipinski definition) is 7. The Kier molecular flexibility index (Phi) is 13.4. The van der Waals surface area contributed by atoms with E-state index in [-0.39, 0.29) is 17.7 Å². The van der Waals surface area contributed by atoms with E-state index in [1.807, 2.05) is 18.2 Å². The number of anilines is 1. The van der Waals surface area contributed by atoms with Crippen LogP contribution in [0.1, 0.15) is 39.2 Å². The lowest BCUT2D eigenvalue weighted by Gasteiger charge is -2.26. The quantitative estimate of drug-likeness (QED) is 0.200. The number of carbonyl (C=O) groups excluding carboxylic acids is 1. The van der Waals surface area contributed by atoms with Crippen molar-refractivity contribution < 1.29 is 4.79 Å². The first kappa shape index (κ1) is 29.4. The molecule has 1 atom stereocenters. The average Bonchev–Trinajstić information content (AvgIpc) is 2.83. The molecule has 1 heterocycles. The molecule has 194 valence electrons. The monoisotopic (exact) mass is 520 g/mol. The fourth-order valence-electron chi connectivity index (χ4n) is 3.69. The van der Waals surface area contributed by atoms with Gasteiger partial charge in [0.1, 0.15) is 11.0 Å². The van der Waals surface area contributed by atoms with Gasteiger partial charge in [-0.2, -0.15) is 0 Å². The van der Waals surface area contributed by atoms with Crippen molar-refractivity contribution in [3.8, 4) is 0 Å². The van der Waals surface area contributed by atoms with Crippen LogP contribution < -0.4 is 10.2 Å². The molecule has 0 bridgehead atoms. The van der Waals surface area contributed by atoms with Crippen molar-refractivity contribution in [1.29, 1.82) is 0 Å². The van der Waals surface area contributed by atoms with Crippen LogP contribution in [-0.2, 0) is 11.3 Å². The zero-order valence-electron chi connectivity index (χ0n) is 21.8. The predicted molar refractivity (Wildman–Crippen MR) is 148 cm³/mol. The van der Waals surface area contributed by atoms with Crippen LogP contribution in [0.4, 0.5) is 5.82 Å². The van der Waals surface area contributed by atoms with Gasteiger partial charge >= 0.3 is 0 Å². The Morgan fingerprint density at radius 3 is 2.46 bits per heavy atom. The topological polar surface area (TPSA) is 64.6 Å². The summed E-state index contributed by atoms with van der Waals surface area (Å²) < 4.78 is 0. The third-order valence-electron chi connectivity index (χ3n) is 5.76. The van der Waals surface area contributed by atoms with Crippen molar-refractivity contribution in [2.45, 2.75) is 51.4 Å². The van der Waals surface area contributed by atoms with Gasteiger partial charge in [-0.25, -0.2) is 9.97 Å². The smallest absolute Gasteiger partial charge is 0.230 e.